The van der Waals surface area contributed by atoms with Crippen molar-refractivity contribution in [3.05, 3.63) is 60.2 Å². The number of hydrogen-bond acceptors (Lipinski definition) is 4. The van der Waals surface area contributed by atoms with Crippen LogP contribution in [0.2, 0.25) is 0 Å². The molecule has 0 unspecified atom stereocenters. The Balaban J connectivity index is 1.32. The molecular weight excluding hydrogens is 433 g/mol. The zero-order valence-electron chi connectivity index (χ0n) is 19.5. The van der Waals surface area contributed by atoms with E-state index in [2.05, 4.69) is 9.47 Å². The van der Waals surface area contributed by atoms with Crippen molar-refractivity contribution in [1.29, 1.82) is 0 Å². The van der Waals surface area contributed by atoms with Crippen molar-refractivity contribution in [2.75, 3.05) is 39.3 Å². The molecule has 2 aliphatic heterocycles. The van der Waals surface area contributed by atoms with Gasteiger partial charge in [-0.05, 0) is 55.8 Å². The normalized spacial score (nSPS) is 19.5. The summed E-state index contributed by atoms with van der Waals surface area (Å²) in [6.45, 7) is 6.24. The number of halogens is 1. The molecule has 1 aromatic heterocycles. The molecule has 0 saturated carbocycles. The standard InChI is InChI=1S/C26H30FN5O2/c1-19(33)30-13-15-31(16-14-30)26(34)20-5-4-12-29(17-20)18-25-28-23-6-2-3-7-24(23)32(25)22-10-8-21(27)9-11-22/h2-3,6-11,20H,4-5,12-18H2,1H3/t20-/m0/s1. The lowest BCUT2D eigenvalue weighted by molar-refractivity contribution is -0.142. The third-order valence-electron chi connectivity index (χ3n) is 6.97. The number of amides is 2. The summed E-state index contributed by atoms with van der Waals surface area (Å²) in [7, 11) is 0. The van der Waals surface area contributed by atoms with Crippen molar-refractivity contribution in [2.24, 2.45) is 5.92 Å². The predicted molar refractivity (Wildman–Crippen MR) is 128 cm³/mol. The van der Waals surface area contributed by atoms with Crippen LogP contribution in [0.1, 0.15) is 25.6 Å². The number of likely N-dealkylation sites (tertiary alicyclic amines) is 1. The maximum absolute atomic E-state index is 13.6. The Morgan fingerprint density at radius 2 is 1.68 bits per heavy atom. The van der Waals surface area contributed by atoms with Crippen molar-refractivity contribution >= 4 is 22.8 Å². The number of nitrogens with zero attached hydrogens (tertiary/aromatic N) is 5. The molecule has 178 valence electrons. The first-order chi connectivity index (χ1) is 16.5. The molecule has 2 saturated heterocycles. The van der Waals surface area contributed by atoms with Gasteiger partial charge in [-0.15, -0.1) is 0 Å². The Labute approximate surface area is 198 Å². The summed E-state index contributed by atoms with van der Waals surface area (Å²) in [6.07, 6.45) is 1.84. The Morgan fingerprint density at radius 1 is 0.971 bits per heavy atom. The summed E-state index contributed by atoms with van der Waals surface area (Å²) in [6, 6.07) is 14.4. The van der Waals surface area contributed by atoms with Crippen LogP contribution >= 0.6 is 0 Å². The molecule has 2 amide bonds. The van der Waals surface area contributed by atoms with Gasteiger partial charge in [-0.3, -0.25) is 19.1 Å². The summed E-state index contributed by atoms with van der Waals surface area (Å²) < 4.78 is 15.6. The van der Waals surface area contributed by atoms with Gasteiger partial charge in [-0.1, -0.05) is 12.1 Å². The maximum atomic E-state index is 13.6. The van der Waals surface area contributed by atoms with Crippen molar-refractivity contribution in [1.82, 2.24) is 24.3 Å². The molecule has 3 heterocycles. The number of piperazine rings is 1. The topological polar surface area (TPSA) is 61.7 Å². The molecule has 7 nitrogen and oxygen atoms in total. The van der Waals surface area contributed by atoms with Gasteiger partial charge in [0.25, 0.3) is 0 Å². The van der Waals surface area contributed by atoms with Gasteiger partial charge in [-0.2, -0.15) is 0 Å². The SMILES string of the molecule is CC(=O)N1CCN(C(=O)[C@H]2CCCN(Cc3nc4ccccc4n3-c3ccc(F)cc3)C2)CC1. The lowest BCUT2D eigenvalue weighted by Crippen LogP contribution is -2.53. The molecule has 34 heavy (non-hydrogen) atoms. The molecule has 2 aromatic carbocycles. The molecule has 0 aliphatic carbocycles. The number of rotatable bonds is 4. The molecule has 0 N–H and O–H groups in total. The quantitative estimate of drug-likeness (QED) is 0.597. The van der Waals surface area contributed by atoms with E-state index in [1.54, 1.807) is 24.0 Å². The molecule has 2 aliphatic rings. The van der Waals surface area contributed by atoms with Crippen molar-refractivity contribution in [3.63, 3.8) is 0 Å². The molecule has 0 spiro atoms. The number of carbonyl (C=O) groups excluding carboxylic acids is 2. The van der Waals surface area contributed by atoms with Gasteiger partial charge >= 0.3 is 0 Å². The Morgan fingerprint density at radius 3 is 2.41 bits per heavy atom. The highest BCUT2D eigenvalue weighted by Crippen LogP contribution is 2.26. The van der Waals surface area contributed by atoms with E-state index in [1.807, 2.05) is 29.2 Å². The summed E-state index contributed by atoms with van der Waals surface area (Å²) in [5.41, 5.74) is 2.75. The van der Waals surface area contributed by atoms with Gasteiger partial charge < -0.3 is 9.80 Å². The fourth-order valence-electron chi connectivity index (χ4n) is 5.16. The highest BCUT2D eigenvalue weighted by molar-refractivity contribution is 5.80. The van der Waals surface area contributed by atoms with Gasteiger partial charge in [0.2, 0.25) is 11.8 Å². The minimum absolute atomic E-state index is 0.0405. The molecule has 1 atom stereocenters. The Kier molecular flexibility index (Phi) is 6.32. The lowest BCUT2D eigenvalue weighted by Gasteiger charge is -2.38. The Hall–Kier alpha value is -3.26. The van der Waals surface area contributed by atoms with Crippen molar-refractivity contribution < 1.29 is 14.0 Å². The second kappa shape index (κ2) is 9.54. The highest BCUT2D eigenvalue weighted by Gasteiger charge is 2.32. The fourth-order valence-corrected chi connectivity index (χ4v) is 5.16. The molecule has 0 radical (unpaired) electrons. The van der Waals surface area contributed by atoms with Crippen LogP contribution in [0, 0.1) is 11.7 Å². The van der Waals surface area contributed by atoms with E-state index in [9.17, 15) is 14.0 Å². The summed E-state index contributed by atoms with van der Waals surface area (Å²) in [5.74, 6) is 0.841. The highest BCUT2D eigenvalue weighted by atomic mass is 19.1. The average Bonchev–Trinajstić information content (AvgIpc) is 3.22. The summed E-state index contributed by atoms with van der Waals surface area (Å²) >= 11 is 0. The van der Waals surface area contributed by atoms with Crippen LogP contribution in [0.4, 0.5) is 4.39 Å². The van der Waals surface area contributed by atoms with E-state index in [0.29, 0.717) is 39.3 Å². The second-order valence-electron chi connectivity index (χ2n) is 9.23. The zero-order valence-corrected chi connectivity index (χ0v) is 19.5. The van der Waals surface area contributed by atoms with E-state index in [0.717, 1.165) is 41.9 Å². The van der Waals surface area contributed by atoms with Crippen LogP contribution in [0.25, 0.3) is 16.7 Å². The number of fused-ring (bicyclic) bond motifs is 1. The average molecular weight is 464 g/mol. The first kappa shape index (κ1) is 22.5. The monoisotopic (exact) mass is 463 g/mol. The Bertz CT molecular complexity index is 1180. The first-order valence-electron chi connectivity index (χ1n) is 12.0. The number of piperidine rings is 1. The van der Waals surface area contributed by atoms with Crippen LogP contribution in [0.15, 0.2) is 48.5 Å². The van der Waals surface area contributed by atoms with E-state index in [1.165, 1.54) is 12.1 Å². The number of benzene rings is 2. The van der Waals surface area contributed by atoms with Gasteiger partial charge in [0.1, 0.15) is 11.6 Å². The number of imidazole rings is 1. The second-order valence-corrected chi connectivity index (χ2v) is 9.23. The van der Waals surface area contributed by atoms with Gasteiger partial charge in [-0.25, -0.2) is 9.37 Å². The minimum atomic E-state index is -0.267. The van der Waals surface area contributed by atoms with E-state index in [4.69, 9.17) is 4.98 Å². The number of para-hydroxylation sites is 2. The third kappa shape index (κ3) is 4.55. The maximum Gasteiger partial charge on any atom is 0.227 e. The van der Waals surface area contributed by atoms with Crippen molar-refractivity contribution in [3.8, 4) is 5.69 Å². The van der Waals surface area contributed by atoms with Gasteiger partial charge in [0.15, 0.2) is 0 Å². The van der Waals surface area contributed by atoms with Crippen LogP contribution in [0.5, 0.6) is 0 Å². The third-order valence-corrected chi connectivity index (χ3v) is 6.97. The molecule has 3 aromatic rings. The molecule has 8 heteroatoms. The molecule has 0 bridgehead atoms. The predicted octanol–water partition coefficient (Wildman–Crippen LogP) is 3.07. The van der Waals surface area contributed by atoms with Gasteiger partial charge in [0, 0.05) is 45.3 Å². The van der Waals surface area contributed by atoms with Crippen LogP contribution in [-0.4, -0.2) is 75.3 Å². The molecule has 2 fully saturated rings. The zero-order chi connectivity index (χ0) is 23.7. The number of carbonyl (C=O) groups is 2. The summed E-state index contributed by atoms with van der Waals surface area (Å²) in [4.78, 5) is 35.7. The molecule has 5 rings (SSSR count). The summed E-state index contributed by atoms with van der Waals surface area (Å²) in [5, 5.41) is 0. The fraction of sp³-hybridized carbons (Fsp3) is 0.423. The van der Waals surface area contributed by atoms with Crippen LogP contribution in [0.3, 0.4) is 0 Å². The molecular formula is C26H30FN5O2. The van der Waals surface area contributed by atoms with Crippen LogP contribution < -0.4 is 0 Å². The van der Waals surface area contributed by atoms with E-state index >= 15 is 0 Å². The van der Waals surface area contributed by atoms with Crippen molar-refractivity contribution in [2.45, 2.75) is 26.3 Å². The lowest BCUT2D eigenvalue weighted by atomic mass is 9.96. The van der Waals surface area contributed by atoms with Crippen LogP contribution in [-0.2, 0) is 16.1 Å². The van der Waals surface area contributed by atoms with Gasteiger partial charge in [0.05, 0.1) is 23.5 Å². The number of aromatic nitrogens is 2. The minimum Gasteiger partial charge on any atom is -0.339 e. The van der Waals surface area contributed by atoms with E-state index < -0.39 is 0 Å². The smallest absolute Gasteiger partial charge is 0.227 e. The number of hydrogen-bond donors (Lipinski definition) is 0. The largest absolute Gasteiger partial charge is 0.339 e. The first-order valence-corrected chi connectivity index (χ1v) is 12.0. The van der Waals surface area contributed by atoms with E-state index in [-0.39, 0.29) is 23.5 Å².